The molecule has 3 aromatic rings. The lowest BCUT2D eigenvalue weighted by Crippen LogP contribution is -2.44. The van der Waals surface area contributed by atoms with Crippen LogP contribution in [-0.2, 0) is 11.2 Å². The third-order valence-electron chi connectivity index (χ3n) is 3.93. The van der Waals surface area contributed by atoms with Crippen molar-refractivity contribution >= 4 is 11.8 Å². The predicted molar refractivity (Wildman–Crippen MR) is 100 cm³/mol. The average molecular weight is 380 g/mol. The Morgan fingerprint density at radius 1 is 1.04 bits per heavy atom. The van der Waals surface area contributed by atoms with Gasteiger partial charge in [-0.1, -0.05) is 42.5 Å². The van der Waals surface area contributed by atoms with Gasteiger partial charge in [-0.15, -0.1) is 0 Å². The Bertz CT molecular complexity index is 1080. The maximum Gasteiger partial charge on any atom is 0.294 e. The number of carbonyl (C=O) groups excluding carboxylic acids is 2. The van der Waals surface area contributed by atoms with Crippen molar-refractivity contribution in [3.05, 3.63) is 93.7 Å². The van der Waals surface area contributed by atoms with Crippen LogP contribution in [0.3, 0.4) is 0 Å². The third kappa shape index (κ3) is 4.29. The van der Waals surface area contributed by atoms with Gasteiger partial charge >= 0.3 is 0 Å². The van der Waals surface area contributed by atoms with E-state index < -0.39 is 28.8 Å². The lowest BCUT2D eigenvalue weighted by molar-refractivity contribution is -0.121. The van der Waals surface area contributed by atoms with Crippen LogP contribution in [0.5, 0.6) is 0 Å². The van der Waals surface area contributed by atoms with Crippen molar-refractivity contribution in [2.75, 3.05) is 0 Å². The smallest absolute Gasteiger partial charge is 0.287 e. The number of nitrogens with one attached hydrogen (secondary N) is 2. The number of aryl methyl sites for hydroxylation is 1. The number of rotatable bonds is 4. The molecule has 2 amide bonds. The summed E-state index contributed by atoms with van der Waals surface area (Å²) >= 11 is 0. The molecular weight excluding hydrogens is 363 g/mol. The van der Waals surface area contributed by atoms with Crippen LogP contribution in [-0.4, -0.2) is 21.6 Å². The fourth-order valence-corrected chi connectivity index (χ4v) is 2.58. The van der Waals surface area contributed by atoms with Gasteiger partial charge in [0.05, 0.1) is 6.42 Å². The van der Waals surface area contributed by atoms with E-state index in [1.54, 1.807) is 37.3 Å². The van der Waals surface area contributed by atoms with Crippen molar-refractivity contribution in [3.63, 3.8) is 0 Å². The van der Waals surface area contributed by atoms with Crippen LogP contribution in [0.25, 0.3) is 5.69 Å². The van der Waals surface area contributed by atoms with Crippen molar-refractivity contribution in [1.82, 2.24) is 20.6 Å². The summed E-state index contributed by atoms with van der Waals surface area (Å²) in [6, 6.07) is 16.0. The van der Waals surface area contributed by atoms with Crippen LogP contribution in [0.4, 0.5) is 4.39 Å². The van der Waals surface area contributed by atoms with Crippen LogP contribution in [0.15, 0.2) is 65.5 Å². The fraction of sp³-hybridized carbons (Fsp3) is 0.100. The first-order chi connectivity index (χ1) is 13.5. The van der Waals surface area contributed by atoms with Gasteiger partial charge < -0.3 is 0 Å². The molecule has 0 unspecified atom stereocenters. The van der Waals surface area contributed by atoms with Gasteiger partial charge in [-0.2, -0.15) is 5.10 Å². The molecule has 3 rings (SSSR count). The molecule has 8 heteroatoms. The van der Waals surface area contributed by atoms with Gasteiger partial charge in [-0.25, -0.2) is 9.07 Å². The second kappa shape index (κ2) is 8.26. The van der Waals surface area contributed by atoms with Crippen molar-refractivity contribution in [2.45, 2.75) is 13.3 Å². The lowest BCUT2D eigenvalue weighted by atomic mass is 10.1. The number of hydrogen-bond donors (Lipinski definition) is 2. The average Bonchev–Trinajstić information content (AvgIpc) is 2.68. The number of para-hydroxylation sites is 1. The minimum Gasteiger partial charge on any atom is -0.287 e. The van der Waals surface area contributed by atoms with E-state index in [4.69, 9.17) is 0 Å². The number of halogens is 1. The molecule has 0 saturated carbocycles. The summed E-state index contributed by atoms with van der Waals surface area (Å²) in [5.74, 6) is -1.90. The normalized spacial score (nSPS) is 10.4. The zero-order chi connectivity index (χ0) is 20.1. The second-order valence-corrected chi connectivity index (χ2v) is 6.03. The first-order valence-electron chi connectivity index (χ1n) is 8.44. The van der Waals surface area contributed by atoms with Crippen molar-refractivity contribution in [1.29, 1.82) is 0 Å². The fourth-order valence-electron chi connectivity index (χ4n) is 2.58. The van der Waals surface area contributed by atoms with E-state index in [0.29, 0.717) is 5.69 Å². The Balaban J connectivity index is 1.76. The number of benzene rings is 2. The molecule has 0 aliphatic rings. The molecule has 7 nitrogen and oxygen atoms in total. The maximum atomic E-state index is 14.1. The molecule has 0 atom stereocenters. The summed E-state index contributed by atoms with van der Waals surface area (Å²) in [4.78, 5) is 36.4. The Morgan fingerprint density at radius 2 is 1.71 bits per heavy atom. The van der Waals surface area contributed by atoms with Crippen molar-refractivity contribution in [3.8, 4) is 5.69 Å². The monoisotopic (exact) mass is 380 g/mol. The molecule has 28 heavy (non-hydrogen) atoms. The summed E-state index contributed by atoms with van der Waals surface area (Å²) in [6.07, 6.45) is 0.0574. The number of amides is 2. The highest BCUT2D eigenvalue weighted by molar-refractivity contribution is 5.93. The Labute approximate surface area is 159 Å². The first kappa shape index (κ1) is 19.0. The van der Waals surface area contributed by atoms with Gasteiger partial charge in [0, 0.05) is 11.8 Å². The highest BCUT2D eigenvalue weighted by atomic mass is 19.1. The minimum atomic E-state index is -0.892. The quantitative estimate of drug-likeness (QED) is 0.674. The Hall–Kier alpha value is -3.81. The highest BCUT2D eigenvalue weighted by Crippen LogP contribution is 2.13. The third-order valence-corrected chi connectivity index (χ3v) is 3.93. The van der Waals surface area contributed by atoms with Gasteiger partial charge in [0.25, 0.3) is 5.91 Å². The molecule has 2 N–H and O–H groups in total. The molecule has 142 valence electrons. The Morgan fingerprint density at radius 3 is 2.43 bits per heavy atom. The summed E-state index contributed by atoms with van der Waals surface area (Å²) < 4.78 is 15.2. The largest absolute Gasteiger partial charge is 0.294 e. The van der Waals surface area contributed by atoms with E-state index in [-0.39, 0.29) is 12.1 Å². The van der Waals surface area contributed by atoms with Gasteiger partial charge in [-0.05, 0) is 24.6 Å². The molecule has 0 aliphatic heterocycles. The molecule has 0 radical (unpaired) electrons. The molecule has 1 heterocycles. The van der Waals surface area contributed by atoms with Crippen LogP contribution >= 0.6 is 0 Å². The Kier molecular flexibility index (Phi) is 5.59. The lowest BCUT2D eigenvalue weighted by Gasteiger charge is -2.12. The van der Waals surface area contributed by atoms with E-state index >= 15 is 0 Å². The van der Waals surface area contributed by atoms with Crippen LogP contribution in [0.2, 0.25) is 0 Å². The molecule has 0 fully saturated rings. The summed E-state index contributed by atoms with van der Waals surface area (Å²) in [5, 5.41) is 3.97. The zero-order valence-corrected chi connectivity index (χ0v) is 15.0. The van der Waals surface area contributed by atoms with E-state index in [1.165, 1.54) is 24.3 Å². The van der Waals surface area contributed by atoms with Crippen LogP contribution in [0.1, 0.15) is 21.7 Å². The topological polar surface area (TPSA) is 93.1 Å². The molecule has 0 aliphatic carbocycles. The number of hydrogen-bond acceptors (Lipinski definition) is 4. The molecule has 0 saturated heterocycles. The molecular formula is C20H17FN4O3. The van der Waals surface area contributed by atoms with E-state index in [2.05, 4.69) is 16.0 Å². The predicted octanol–water partition coefficient (Wildman–Crippen LogP) is 1.68. The highest BCUT2D eigenvalue weighted by Gasteiger charge is 2.17. The van der Waals surface area contributed by atoms with Crippen LogP contribution < -0.4 is 16.3 Å². The first-order valence-corrected chi connectivity index (χ1v) is 8.44. The summed E-state index contributed by atoms with van der Waals surface area (Å²) in [5.41, 5.74) is 4.53. The number of hydrazine groups is 1. The van der Waals surface area contributed by atoms with Gasteiger partial charge in [0.1, 0.15) is 11.5 Å². The standard InChI is InChI=1S/C20H17FN4O3/c1-13-11-17(26)19(24-25(13)16-10-6-5-9-15(16)21)20(28)23-22-18(27)12-14-7-3-2-4-8-14/h2-11H,12H2,1H3,(H,22,27)(H,23,28). The zero-order valence-electron chi connectivity index (χ0n) is 15.0. The number of nitrogens with zero attached hydrogens (tertiary/aromatic N) is 2. The van der Waals surface area contributed by atoms with Crippen LogP contribution in [0, 0.1) is 12.7 Å². The SMILES string of the molecule is Cc1cc(=O)c(C(=O)NNC(=O)Cc2ccccc2)nn1-c1ccccc1F. The molecule has 2 aromatic carbocycles. The molecule has 0 spiro atoms. The van der Waals surface area contributed by atoms with Crippen molar-refractivity contribution in [2.24, 2.45) is 0 Å². The van der Waals surface area contributed by atoms with Crippen molar-refractivity contribution < 1.29 is 14.0 Å². The van der Waals surface area contributed by atoms with E-state index in [0.717, 1.165) is 10.2 Å². The maximum absolute atomic E-state index is 14.1. The van der Waals surface area contributed by atoms with Gasteiger partial charge in [0.15, 0.2) is 5.69 Å². The number of aromatic nitrogens is 2. The minimum absolute atomic E-state index is 0.0574. The second-order valence-electron chi connectivity index (χ2n) is 6.03. The summed E-state index contributed by atoms with van der Waals surface area (Å²) in [6.45, 7) is 1.57. The van der Waals surface area contributed by atoms with E-state index in [9.17, 15) is 18.8 Å². The van der Waals surface area contributed by atoms with E-state index in [1.807, 2.05) is 6.07 Å². The summed E-state index contributed by atoms with van der Waals surface area (Å²) in [7, 11) is 0. The molecule has 1 aromatic heterocycles. The molecule has 0 bridgehead atoms. The van der Waals surface area contributed by atoms with Gasteiger partial charge in [0.2, 0.25) is 11.3 Å². The number of carbonyl (C=O) groups is 2. The van der Waals surface area contributed by atoms with Gasteiger partial charge in [-0.3, -0.25) is 25.2 Å².